The molecule has 0 unspecified atom stereocenters. The number of nitro benzene ring substituents is 1. The van der Waals surface area contributed by atoms with E-state index in [1.807, 2.05) is 6.92 Å². The number of hydrogen-bond donors (Lipinski definition) is 3. The number of nitrogens with one attached hydrogen (secondary N) is 2. The average molecular weight is 425 g/mol. The van der Waals surface area contributed by atoms with Gasteiger partial charge in [0.05, 0.1) is 11.5 Å². The normalized spacial score (nSPS) is 10.6. The fourth-order valence-electron chi connectivity index (χ4n) is 2.73. The van der Waals surface area contributed by atoms with Crippen molar-refractivity contribution < 1.29 is 9.72 Å². The summed E-state index contributed by atoms with van der Waals surface area (Å²) in [5, 5.41) is 13.7. The largest absolute Gasteiger partial charge is 0.383 e. The van der Waals surface area contributed by atoms with Crippen molar-refractivity contribution in [2.45, 2.75) is 26.3 Å². The molecule has 0 bridgehead atoms. The first-order valence-electron chi connectivity index (χ1n) is 8.73. The molecule has 0 radical (unpaired) electrons. The number of carbonyl (C=O) groups is 1. The summed E-state index contributed by atoms with van der Waals surface area (Å²) in [5.41, 5.74) is 4.21. The second kappa shape index (κ2) is 9.24. The predicted molar refractivity (Wildman–Crippen MR) is 111 cm³/mol. The van der Waals surface area contributed by atoms with Gasteiger partial charge < -0.3 is 16.0 Å². The Morgan fingerprint density at radius 1 is 1.41 bits per heavy atom. The number of anilines is 3. The Hall–Kier alpha value is -3.34. The van der Waals surface area contributed by atoms with Gasteiger partial charge in [-0.15, -0.1) is 0 Å². The number of aromatic nitrogens is 2. The minimum Gasteiger partial charge on any atom is -0.383 e. The lowest BCUT2D eigenvalue weighted by Crippen LogP contribution is -2.39. The molecule has 4 N–H and O–H groups in total. The molecule has 2 rings (SSSR count). The molecule has 0 atom stereocenters. The van der Waals surface area contributed by atoms with Crippen molar-refractivity contribution in [1.82, 2.24) is 9.55 Å². The van der Waals surface area contributed by atoms with Crippen LogP contribution >= 0.6 is 11.6 Å². The highest BCUT2D eigenvalue weighted by molar-refractivity contribution is 6.31. The highest BCUT2D eigenvalue weighted by atomic mass is 35.5. The van der Waals surface area contributed by atoms with Gasteiger partial charge in [0, 0.05) is 24.7 Å². The van der Waals surface area contributed by atoms with Crippen molar-refractivity contribution in [2.75, 3.05) is 29.5 Å². The zero-order chi connectivity index (χ0) is 21.7. The Labute approximate surface area is 170 Å². The molecular formula is C17H21ClN6O5. The molecule has 0 spiro atoms. The van der Waals surface area contributed by atoms with Gasteiger partial charge in [0.15, 0.2) is 0 Å². The number of nitro groups is 1. The Kier molecular flexibility index (Phi) is 6.99. The van der Waals surface area contributed by atoms with Crippen LogP contribution in [0, 0.1) is 10.1 Å². The van der Waals surface area contributed by atoms with Crippen LogP contribution in [0.4, 0.5) is 22.9 Å². The maximum Gasteiger partial charge on any atom is 0.330 e. The van der Waals surface area contributed by atoms with E-state index in [2.05, 4.69) is 10.3 Å². The number of nitrogens with two attached hydrogens (primary N) is 1. The Morgan fingerprint density at radius 2 is 2.10 bits per heavy atom. The Bertz CT molecular complexity index is 1050. The summed E-state index contributed by atoms with van der Waals surface area (Å²) in [4.78, 5) is 50.5. The quantitative estimate of drug-likeness (QED) is 0.428. The van der Waals surface area contributed by atoms with Crippen molar-refractivity contribution in [1.29, 1.82) is 0 Å². The first-order valence-corrected chi connectivity index (χ1v) is 9.11. The van der Waals surface area contributed by atoms with E-state index in [4.69, 9.17) is 17.3 Å². The standard InChI is InChI=1S/C17H21ClN6O5/c1-3-4-7-23-15(19)14(16(26)21-17(23)27)22(2)9-13(25)20-11-6-5-10(18)8-12(11)24(28)29/h5-6,8H,3-4,7,9,19H2,1-2H3,(H,20,25)(H,21,26,27). The summed E-state index contributed by atoms with van der Waals surface area (Å²) < 4.78 is 1.23. The van der Waals surface area contributed by atoms with Crippen LogP contribution < -0.4 is 27.2 Å². The molecule has 0 saturated carbocycles. The van der Waals surface area contributed by atoms with Gasteiger partial charge in [-0.1, -0.05) is 24.9 Å². The van der Waals surface area contributed by atoms with E-state index < -0.39 is 22.1 Å². The van der Waals surface area contributed by atoms with Gasteiger partial charge in [0.2, 0.25) is 5.91 Å². The van der Waals surface area contributed by atoms with Crippen LogP contribution in [0.2, 0.25) is 5.02 Å². The van der Waals surface area contributed by atoms with Gasteiger partial charge in [-0.2, -0.15) is 0 Å². The summed E-state index contributed by atoms with van der Waals surface area (Å²) >= 11 is 5.76. The second-order valence-electron chi connectivity index (χ2n) is 6.32. The van der Waals surface area contributed by atoms with Gasteiger partial charge in [0.1, 0.15) is 17.2 Å². The molecule has 156 valence electrons. The van der Waals surface area contributed by atoms with Crippen LogP contribution in [0.15, 0.2) is 27.8 Å². The molecule has 29 heavy (non-hydrogen) atoms. The van der Waals surface area contributed by atoms with E-state index in [1.54, 1.807) is 0 Å². The molecule has 11 nitrogen and oxygen atoms in total. The minimum absolute atomic E-state index is 0.0346. The molecule has 1 aromatic carbocycles. The summed E-state index contributed by atoms with van der Waals surface area (Å²) in [6, 6.07) is 3.83. The fourth-order valence-corrected chi connectivity index (χ4v) is 2.90. The van der Waals surface area contributed by atoms with E-state index in [0.717, 1.165) is 12.5 Å². The van der Waals surface area contributed by atoms with E-state index in [-0.39, 0.29) is 34.4 Å². The number of amides is 1. The fraction of sp³-hybridized carbons (Fsp3) is 0.353. The number of hydrogen-bond acceptors (Lipinski definition) is 7. The zero-order valence-electron chi connectivity index (χ0n) is 15.9. The lowest BCUT2D eigenvalue weighted by atomic mass is 10.2. The van der Waals surface area contributed by atoms with Crippen molar-refractivity contribution in [3.05, 3.63) is 54.2 Å². The van der Waals surface area contributed by atoms with Crippen LogP contribution in [0.3, 0.4) is 0 Å². The monoisotopic (exact) mass is 424 g/mol. The highest BCUT2D eigenvalue weighted by Gasteiger charge is 2.20. The number of benzene rings is 1. The molecule has 0 saturated heterocycles. The van der Waals surface area contributed by atoms with Crippen molar-refractivity contribution in [3.63, 3.8) is 0 Å². The molecule has 1 aromatic heterocycles. The molecule has 0 aliphatic carbocycles. The van der Waals surface area contributed by atoms with Gasteiger partial charge >= 0.3 is 5.69 Å². The number of H-pyrrole nitrogens is 1. The lowest BCUT2D eigenvalue weighted by molar-refractivity contribution is -0.383. The second-order valence-corrected chi connectivity index (χ2v) is 6.76. The van der Waals surface area contributed by atoms with E-state index in [0.29, 0.717) is 13.0 Å². The first kappa shape index (κ1) is 22.0. The third-order valence-electron chi connectivity index (χ3n) is 4.14. The molecule has 1 amide bonds. The number of nitrogen functional groups attached to an aromatic ring is 1. The molecule has 12 heteroatoms. The predicted octanol–water partition coefficient (Wildman–Crippen LogP) is 1.56. The topological polar surface area (TPSA) is 156 Å². The Morgan fingerprint density at radius 3 is 2.72 bits per heavy atom. The summed E-state index contributed by atoms with van der Waals surface area (Å²) in [6.45, 7) is 1.93. The van der Waals surface area contributed by atoms with Crippen molar-refractivity contribution >= 4 is 40.4 Å². The Balaban J connectivity index is 2.26. The van der Waals surface area contributed by atoms with Crippen LogP contribution in [0.1, 0.15) is 19.8 Å². The van der Waals surface area contributed by atoms with E-state index >= 15 is 0 Å². The number of unbranched alkanes of at least 4 members (excludes halogenated alkanes) is 1. The zero-order valence-corrected chi connectivity index (χ0v) is 16.7. The minimum atomic E-state index is -0.729. The first-order chi connectivity index (χ1) is 13.6. The van der Waals surface area contributed by atoms with Gasteiger partial charge in [-0.25, -0.2) is 4.79 Å². The summed E-state index contributed by atoms with van der Waals surface area (Å²) in [7, 11) is 1.45. The molecule has 1 heterocycles. The highest BCUT2D eigenvalue weighted by Crippen LogP contribution is 2.27. The molecule has 0 aliphatic heterocycles. The maximum atomic E-state index is 12.4. The van der Waals surface area contributed by atoms with Crippen molar-refractivity contribution in [3.8, 4) is 0 Å². The number of aromatic amines is 1. The number of halogens is 1. The molecule has 0 aliphatic rings. The summed E-state index contributed by atoms with van der Waals surface area (Å²) in [5.74, 6) is -0.678. The smallest absolute Gasteiger partial charge is 0.330 e. The van der Waals surface area contributed by atoms with Gasteiger partial charge in [0.25, 0.3) is 11.2 Å². The van der Waals surface area contributed by atoms with Crippen LogP contribution in [-0.2, 0) is 11.3 Å². The number of nitrogens with zero attached hydrogens (tertiary/aromatic N) is 3. The third-order valence-corrected chi connectivity index (χ3v) is 4.38. The SMILES string of the molecule is CCCCn1c(N)c(N(C)CC(=O)Nc2ccc(Cl)cc2[N+](=O)[O-])c(=O)[nH]c1=O. The average Bonchev–Trinajstić information content (AvgIpc) is 2.62. The van der Waals surface area contributed by atoms with Gasteiger partial charge in [-0.05, 0) is 18.6 Å². The third kappa shape index (κ3) is 5.13. The lowest BCUT2D eigenvalue weighted by Gasteiger charge is -2.21. The summed E-state index contributed by atoms with van der Waals surface area (Å²) in [6.07, 6.45) is 1.50. The molecule has 0 fully saturated rings. The van der Waals surface area contributed by atoms with Crippen LogP contribution in [-0.4, -0.2) is 34.0 Å². The number of carbonyl (C=O) groups excluding carboxylic acids is 1. The molecular weight excluding hydrogens is 404 g/mol. The number of rotatable bonds is 8. The maximum absolute atomic E-state index is 12.4. The van der Waals surface area contributed by atoms with E-state index in [9.17, 15) is 24.5 Å². The van der Waals surface area contributed by atoms with Crippen LogP contribution in [0.5, 0.6) is 0 Å². The van der Waals surface area contributed by atoms with E-state index in [1.165, 1.54) is 28.6 Å². The van der Waals surface area contributed by atoms with Gasteiger partial charge in [-0.3, -0.25) is 29.3 Å². The molecule has 2 aromatic rings. The number of likely N-dealkylation sites (N-methyl/N-ethyl adjacent to an activating group) is 1. The van der Waals surface area contributed by atoms with Crippen LogP contribution in [0.25, 0.3) is 0 Å². The van der Waals surface area contributed by atoms with Crippen molar-refractivity contribution in [2.24, 2.45) is 0 Å².